The maximum Gasteiger partial charge on any atom is 0.253 e. The van der Waals surface area contributed by atoms with Gasteiger partial charge in [0.1, 0.15) is 0 Å². The maximum atomic E-state index is 12.7. The molecule has 5 heteroatoms. The highest BCUT2D eigenvalue weighted by Crippen LogP contribution is 2.14. The summed E-state index contributed by atoms with van der Waals surface area (Å²) in [7, 11) is 0. The standard InChI is InChI=1S/C22H27N3O2/c1-17-5-3-4-6-21(17)16-24-11-13-25(14-12-24)22(27)20-9-7-19(8-10-20)15-23-18(2)26/h3-10H,11-16H2,1-2H3,(H,23,26). The summed E-state index contributed by atoms with van der Waals surface area (Å²) >= 11 is 0. The smallest absolute Gasteiger partial charge is 0.253 e. The third kappa shape index (κ3) is 5.17. The van der Waals surface area contributed by atoms with E-state index in [1.165, 1.54) is 18.1 Å². The molecule has 0 aliphatic carbocycles. The molecule has 0 bridgehead atoms. The molecular formula is C22H27N3O2. The lowest BCUT2D eigenvalue weighted by Crippen LogP contribution is -2.48. The van der Waals surface area contributed by atoms with Crippen LogP contribution in [0, 0.1) is 6.92 Å². The van der Waals surface area contributed by atoms with Gasteiger partial charge in [0.2, 0.25) is 5.91 Å². The third-order valence-electron chi connectivity index (χ3n) is 5.06. The molecule has 2 aromatic rings. The second-order valence-electron chi connectivity index (χ2n) is 7.10. The van der Waals surface area contributed by atoms with Crippen molar-refractivity contribution in [3.8, 4) is 0 Å². The minimum atomic E-state index is -0.0567. The van der Waals surface area contributed by atoms with Gasteiger partial charge in [-0.1, -0.05) is 36.4 Å². The van der Waals surface area contributed by atoms with E-state index in [0.717, 1.165) is 38.3 Å². The fraction of sp³-hybridized carbons (Fsp3) is 0.364. The van der Waals surface area contributed by atoms with Crippen molar-refractivity contribution in [3.63, 3.8) is 0 Å². The van der Waals surface area contributed by atoms with Crippen LogP contribution in [0.1, 0.15) is 34.0 Å². The first-order valence-electron chi connectivity index (χ1n) is 9.42. The summed E-state index contributed by atoms with van der Waals surface area (Å²) in [6.07, 6.45) is 0. The summed E-state index contributed by atoms with van der Waals surface area (Å²) in [4.78, 5) is 28.1. The molecule has 0 spiro atoms. The van der Waals surface area contributed by atoms with Gasteiger partial charge in [0, 0.05) is 51.8 Å². The Hall–Kier alpha value is -2.66. The van der Waals surface area contributed by atoms with Crippen molar-refractivity contribution in [1.82, 2.24) is 15.1 Å². The van der Waals surface area contributed by atoms with E-state index in [-0.39, 0.29) is 11.8 Å². The van der Waals surface area contributed by atoms with Crippen molar-refractivity contribution in [3.05, 3.63) is 70.8 Å². The second-order valence-corrected chi connectivity index (χ2v) is 7.10. The van der Waals surface area contributed by atoms with Gasteiger partial charge in [-0.3, -0.25) is 14.5 Å². The van der Waals surface area contributed by atoms with Crippen LogP contribution in [-0.4, -0.2) is 47.8 Å². The Bertz CT molecular complexity index is 793. The number of nitrogens with zero attached hydrogens (tertiary/aromatic N) is 2. The largest absolute Gasteiger partial charge is 0.352 e. The van der Waals surface area contributed by atoms with E-state index in [0.29, 0.717) is 12.1 Å². The number of carbonyl (C=O) groups is 2. The SMILES string of the molecule is CC(=O)NCc1ccc(C(=O)N2CCN(Cc3ccccc3C)CC2)cc1. The van der Waals surface area contributed by atoms with Crippen LogP contribution >= 0.6 is 0 Å². The van der Waals surface area contributed by atoms with Crippen LogP contribution in [-0.2, 0) is 17.9 Å². The Labute approximate surface area is 161 Å². The number of benzene rings is 2. The Morgan fingerprint density at radius 3 is 2.26 bits per heavy atom. The summed E-state index contributed by atoms with van der Waals surface area (Å²) in [6, 6.07) is 16.0. The molecule has 1 aliphatic rings. The highest BCUT2D eigenvalue weighted by molar-refractivity contribution is 5.94. The number of carbonyl (C=O) groups excluding carboxylic acids is 2. The van der Waals surface area contributed by atoms with Crippen molar-refractivity contribution in [2.24, 2.45) is 0 Å². The number of aryl methyl sites for hydroxylation is 1. The molecule has 1 aliphatic heterocycles. The molecule has 1 fully saturated rings. The van der Waals surface area contributed by atoms with Gasteiger partial charge in [-0.25, -0.2) is 0 Å². The molecule has 3 rings (SSSR count). The van der Waals surface area contributed by atoms with E-state index in [2.05, 4.69) is 41.4 Å². The summed E-state index contributed by atoms with van der Waals surface area (Å²) in [6.45, 7) is 8.34. The van der Waals surface area contributed by atoms with Crippen molar-refractivity contribution < 1.29 is 9.59 Å². The van der Waals surface area contributed by atoms with Crippen LogP contribution in [0.5, 0.6) is 0 Å². The molecule has 142 valence electrons. The van der Waals surface area contributed by atoms with Crippen LogP contribution in [0.4, 0.5) is 0 Å². The number of piperazine rings is 1. The maximum absolute atomic E-state index is 12.7. The lowest BCUT2D eigenvalue weighted by molar-refractivity contribution is -0.119. The molecule has 1 N–H and O–H groups in total. The molecule has 0 radical (unpaired) electrons. The number of hydrogen-bond donors (Lipinski definition) is 1. The Morgan fingerprint density at radius 2 is 1.63 bits per heavy atom. The fourth-order valence-corrected chi connectivity index (χ4v) is 3.31. The first kappa shape index (κ1) is 19.1. The first-order chi connectivity index (χ1) is 13.0. The normalized spacial score (nSPS) is 14.8. The van der Waals surface area contributed by atoms with Gasteiger partial charge < -0.3 is 10.2 Å². The van der Waals surface area contributed by atoms with Crippen LogP contribution in [0.2, 0.25) is 0 Å². The number of rotatable bonds is 5. The van der Waals surface area contributed by atoms with E-state index < -0.39 is 0 Å². The molecule has 27 heavy (non-hydrogen) atoms. The third-order valence-corrected chi connectivity index (χ3v) is 5.06. The second kappa shape index (κ2) is 8.82. The monoisotopic (exact) mass is 365 g/mol. The van der Waals surface area contributed by atoms with E-state index >= 15 is 0 Å². The predicted octanol–water partition coefficient (Wildman–Crippen LogP) is 2.59. The number of amides is 2. The molecule has 0 aromatic heterocycles. The zero-order chi connectivity index (χ0) is 19.2. The Balaban J connectivity index is 1.52. The van der Waals surface area contributed by atoms with Crippen LogP contribution < -0.4 is 5.32 Å². The average Bonchev–Trinajstić information content (AvgIpc) is 2.68. The average molecular weight is 365 g/mol. The molecule has 0 atom stereocenters. The Morgan fingerprint density at radius 1 is 0.963 bits per heavy atom. The number of nitrogens with one attached hydrogen (secondary N) is 1. The molecule has 0 unspecified atom stereocenters. The number of hydrogen-bond acceptors (Lipinski definition) is 3. The summed E-state index contributed by atoms with van der Waals surface area (Å²) < 4.78 is 0. The molecule has 5 nitrogen and oxygen atoms in total. The van der Waals surface area contributed by atoms with Gasteiger partial charge in [0.05, 0.1) is 0 Å². The quantitative estimate of drug-likeness (QED) is 0.886. The summed E-state index contributed by atoms with van der Waals surface area (Å²) in [5, 5.41) is 2.76. The minimum absolute atomic E-state index is 0.0567. The predicted molar refractivity (Wildman–Crippen MR) is 106 cm³/mol. The van der Waals surface area contributed by atoms with Crippen molar-refractivity contribution in [1.29, 1.82) is 0 Å². The van der Waals surface area contributed by atoms with E-state index in [9.17, 15) is 9.59 Å². The molecule has 2 aromatic carbocycles. The van der Waals surface area contributed by atoms with E-state index in [1.807, 2.05) is 29.2 Å². The van der Waals surface area contributed by atoms with E-state index in [4.69, 9.17) is 0 Å². The fourth-order valence-electron chi connectivity index (χ4n) is 3.31. The molecule has 2 amide bonds. The zero-order valence-corrected chi connectivity index (χ0v) is 16.1. The van der Waals surface area contributed by atoms with Gasteiger partial charge in [0.15, 0.2) is 0 Å². The Kier molecular flexibility index (Phi) is 6.24. The summed E-state index contributed by atoms with van der Waals surface area (Å²) in [5.41, 5.74) is 4.36. The van der Waals surface area contributed by atoms with Crippen LogP contribution in [0.15, 0.2) is 48.5 Å². The van der Waals surface area contributed by atoms with Crippen molar-refractivity contribution in [2.45, 2.75) is 26.9 Å². The van der Waals surface area contributed by atoms with Gasteiger partial charge in [-0.05, 0) is 35.7 Å². The van der Waals surface area contributed by atoms with Crippen LogP contribution in [0.25, 0.3) is 0 Å². The molecule has 1 saturated heterocycles. The van der Waals surface area contributed by atoms with E-state index in [1.54, 1.807) is 0 Å². The molecular weight excluding hydrogens is 338 g/mol. The zero-order valence-electron chi connectivity index (χ0n) is 16.1. The highest BCUT2D eigenvalue weighted by atomic mass is 16.2. The van der Waals surface area contributed by atoms with Gasteiger partial charge in [0.25, 0.3) is 5.91 Å². The highest BCUT2D eigenvalue weighted by Gasteiger charge is 2.22. The molecule has 1 heterocycles. The van der Waals surface area contributed by atoms with Crippen molar-refractivity contribution in [2.75, 3.05) is 26.2 Å². The van der Waals surface area contributed by atoms with Gasteiger partial charge in [-0.15, -0.1) is 0 Å². The lowest BCUT2D eigenvalue weighted by Gasteiger charge is -2.35. The van der Waals surface area contributed by atoms with Crippen LogP contribution in [0.3, 0.4) is 0 Å². The first-order valence-corrected chi connectivity index (χ1v) is 9.42. The lowest BCUT2D eigenvalue weighted by atomic mass is 10.1. The van der Waals surface area contributed by atoms with Gasteiger partial charge >= 0.3 is 0 Å². The summed E-state index contributed by atoms with van der Waals surface area (Å²) in [5.74, 6) is 0.0235. The molecule has 0 saturated carbocycles. The topological polar surface area (TPSA) is 52.7 Å². The van der Waals surface area contributed by atoms with Gasteiger partial charge in [-0.2, -0.15) is 0 Å². The van der Waals surface area contributed by atoms with Crippen molar-refractivity contribution >= 4 is 11.8 Å². The minimum Gasteiger partial charge on any atom is -0.352 e.